The lowest BCUT2D eigenvalue weighted by Gasteiger charge is -2.60. The number of hydrogen-bond donors (Lipinski definition) is 1. The molecule has 3 heterocycles. The van der Waals surface area contributed by atoms with Gasteiger partial charge in [-0.05, 0) is 90.2 Å². The fourth-order valence-corrected chi connectivity index (χ4v) is 7.77. The molecule has 3 aromatic carbocycles. The second kappa shape index (κ2) is 13.7. The number of methoxy groups -OCH3 is 6. The van der Waals surface area contributed by atoms with Crippen molar-refractivity contribution in [1.82, 2.24) is 15.1 Å². The average Bonchev–Trinajstić information content (AvgIpc) is 3.11. The molecular formula is C37H42N4O7. The highest BCUT2D eigenvalue weighted by Crippen LogP contribution is 2.52. The van der Waals surface area contributed by atoms with Crippen molar-refractivity contribution in [3.63, 3.8) is 0 Å². The predicted molar refractivity (Wildman–Crippen MR) is 180 cm³/mol. The summed E-state index contributed by atoms with van der Waals surface area (Å²) >= 11 is 0. The van der Waals surface area contributed by atoms with E-state index < -0.39 is 6.04 Å². The van der Waals surface area contributed by atoms with E-state index in [1.807, 2.05) is 24.3 Å². The Morgan fingerprint density at radius 1 is 0.792 bits per heavy atom. The minimum absolute atomic E-state index is 0.0347. The minimum atomic E-state index is -0.442. The maximum atomic E-state index is 13.3. The minimum Gasteiger partial charge on any atom is -0.493 e. The van der Waals surface area contributed by atoms with Crippen LogP contribution in [0.2, 0.25) is 0 Å². The van der Waals surface area contributed by atoms with Crippen molar-refractivity contribution >= 4 is 12.0 Å². The Morgan fingerprint density at radius 3 is 1.94 bits per heavy atom. The van der Waals surface area contributed by atoms with Gasteiger partial charge in [0.1, 0.15) is 6.04 Å². The number of carbonyl (C=O) groups excluding carboxylic acids is 1. The zero-order valence-corrected chi connectivity index (χ0v) is 28.4. The van der Waals surface area contributed by atoms with Gasteiger partial charge >= 0.3 is 0 Å². The smallest absolute Gasteiger partial charge is 0.244 e. The lowest BCUT2D eigenvalue weighted by molar-refractivity contribution is -0.117. The first-order valence-corrected chi connectivity index (χ1v) is 15.9. The molecule has 1 amide bonds. The molecule has 1 saturated heterocycles. The molecule has 0 aliphatic carbocycles. The molecule has 48 heavy (non-hydrogen) atoms. The first kappa shape index (κ1) is 33.0. The van der Waals surface area contributed by atoms with Gasteiger partial charge in [-0.1, -0.05) is 6.07 Å². The second-order valence-corrected chi connectivity index (χ2v) is 12.2. The normalized spacial score (nSPS) is 22.8. The molecular weight excluding hydrogens is 612 g/mol. The van der Waals surface area contributed by atoms with Crippen LogP contribution in [0.25, 0.3) is 6.08 Å². The highest BCUT2D eigenvalue weighted by atomic mass is 16.5. The van der Waals surface area contributed by atoms with Crippen molar-refractivity contribution in [2.45, 2.75) is 43.1 Å². The summed E-state index contributed by atoms with van der Waals surface area (Å²) in [7, 11) is 11.8. The van der Waals surface area contributed by atoms with Gasteiger partial charge in [0.15, 0.2) is 34.5 Å². The maximum absolute atomic E-state index is 13.3. The summed E-state index contributed by atoms with van der Waals surface area (Å²) in [6, 6.07) is 15.3. The summed E-state index contributed by atoms with van der Waals surface area (Å²) < 4.78 is 33.5. The number of fused-ring (bicyclic) bond motifs is 7. The zero-order valence-electron chi connectivity index (χ0n) is 28.4. The number of rotatable bonds is 10. The molecule has 11 heteroatoms. The molecule has 1 N–H and O–H groups in total. The van der Waals surface area contributed by atoms with Crippen molar-refractivity contribution in [1.29, 1.82) is 5.26 Å². The number of piperazine rings is 1. The van der Waals surface area contributed by atoms with Gasteiger partial charge in [-0.3, -0.25) is 14.6 Å². The third-order valence-electron chi connectivity index (χ3n) is 10.0. The van der Waals surface area contributed by atoms with Crippen LogP contribution in [-0.4, -0.2) is 90.1 Å². The van der Waals surface area contributed by atoms with Crippen LogP contribution < -0.4 is 33.7 Å². The van der Waals surface area contributed by atoms with E-state index in [0.717, 1.165) is 27.8 Å². The first-order chi connectivity index (χ1) is 23.3. The third kappa shape index (κ3) is 5.65. The summed E-state index contributed by atoms with van der Waals surface area (Å²) in [6.45, 7) is 0.286. The van der Waals surface area contributed by atoms with Crippen LogP contribution in [0.5, 0.6) is 34.5 Å². The van der Waals surface area contributed by atoms with E-state index in [0.29, 0.717) is 47.3 Å². The van der Waals surface area contributed by atoms with Gasteiger partial charge in [0, 0.05) is 24.7 Å². The number of benzene rings is 3. The molecule has 0 unspecified atom stereocenters. The van der Waals surface area contributed by atoms with Crippen molar-refractivity contribution < 1.29 is 33.2 Å². The Hall–Kier alpha value is -4.92. The number of ether oxygens (including phenoxy) is 6. The highest BCUT2D eigenvalue weighted by Gasteiger charge is 2.54. The predicted octanol–water partition coefficient (Wildman–Crippen LogP) is 4.34. The van der Waals surface area contributed by atoms with Gasteiger partial charge in [-0.2, -0.15) is 5.26 Å². The molecule has 2 bridgehead atoms. The van der Waals surface area contributed by atoms with Gasteiger partial charge in [0.25, 0.3) is 0 Å². The average molecular weight is 655 g/mol. The summed E-state index contributed by atoms with van der Waals surface area (Å²) in [5.74, 6) is 3.53. The van der Waals surface area contributed by atoms with Crippen LogP contribution in [0.15, 0.2) is 48.5 Å². The molecule has 0 saturated carbocycles. The molecule has 252 valence electrons. The van der Waals surface area contributed by atoms with E-state index in [-0.39, 0.29) is 36.6 Å². The van der Waals surface area contributed by atoms with Crippen LogP contribution >= 0.6 is 0 Å². The fraction of sp³-hybridized carbons (Fsp3) is 0.405. The summed E-state index contributed by atoms with van der Waals surface area (Å²) in [6.07, 6.45) is 4.59. The molecule has 3 aliphatic heterocycles. The highest BCUT2D eigenvalue weighted by molar-refractivity contribution is 5.91. The van der Waals surface area contributed by atoms with Crippen LogP contribution in [0.1, 0.15) is 39.9 Å². The third-order valence-corrected chi connectivity index (χ3v) is 10.0. The van der Waals surface area contributed by atoms with Gasteiger partial charge in [-0.25, -0.2) is 0 Å². The van der Waals surface area contributed by atoms with E-state index in [2.05, 4.69) is 40.4 Å². The summed E-state index contributed by atoms with van der Waals surface area (Å²) in [5.41, 5.74) is 5.20. The lowest BCUT2D eigenvalue weighted by atomic mass is 9.72. The topological polar surface area (TPSA) is 115 Å². The first-order valence-electron chi connectivity index (χ1n) is 15.9. The zero-order chi connectivity index (χ0) is 34.1. The Labute approximate surface area is 281 Å². The van der Waals surface area contributed by atoms with E-state index >= 15 is 0 Å². The number of amides is 1. The molecule has 1 fully saturated rings. The van der Waals surface area contributed by atoms with E-state index in [1.165, 1.54) is 6.08 Å². The van der Waals surface area contributed by atoms with Gasteiger partial charge in [0.05, 0.1) is 60.8 Å². The molecule has 3 aliphatic rings. The van der Waals surface area contributed by atoms with Gasteiger partial charge in [0.2, 0.25) is 5.91 Å². The Balaban J connectivity index is 1.38. The number of carbonyl (C=O) groups is 1. The SMILES string of the molecule is COc1ccc(/C=C/C(=O)NC[C@H]2c3cc(OC)c(OC)cc3C[C@H]3[C@H]4c5cc(OC)c(OC)cc5C[C@@H]([C@H](C#N)N23)N4C)cc1OC. The molecule has 0 spiro atoms. The van der Waals surface area contributed by atoms with E-state index in [4.69, 9.17) is 28.4 Å². The fourth-order valence-electron chi connectivity index (χ4n) is 7.77. The molecule has 0 radical (unpaired) electrons. The van der Waals surface area contributed by atoms with Gasteiger partial charge in [-0.15, -0.1) is 0 Å². The van der Waals surface area contributed by atoms with Crippen molar-refractivity contribution in [2.24, 2.45) is 0 Å². The maximum Gasteiger partial charge on any atom is 0.244 e. The Morgan fingerprint density at radius 2 is 1.33 bits per heavy atom. The lowest BCUT2D eigenvalue weighted by Crippen LogP contribution is -2.68. The van der Waals surface area contributed by atoms with Gasteiger partial charge < -0.3 is 33.7 Å². The molecule has 5 atom stereocenters. The number of nitrogens with one attached hydrogen (secondary N) is 1. The van der Waals surface area contributed by atoms with Crippen molar-refractivity contribution in [3.05, 3.63) is 76.4 Å². The molecule has 3 aromatic rings. The summed E-state index contributed by atoms with van der Waals surface area (Å²) in [5, 5.41) is 13.9. The van der Waals surface area contributed by atoms with Crippen molar-refractivity contribution in [3.8, 4) is 40.6 Å². The summed E-state index contributed by atoms with van der Waals surface area (Å²) in [4.78, 5) is 18.0. The Bertz CT molecular complexity index is 1770. The second-order valence-electron chi connectivity index (χ2n) is 12.2. The van der Waals surface area contributed by atoms with Crippen LogP contribution in [-0.2, 0) is 17.6 Å². The molecule has 6 rings (SSSR count). The largest absolute Gasteiger partial charge is 0.493 e. The van der Waals surface area contributed by atoms with Crippen LogP contribution in [0.4, 0.5) is 0 Å². The van der Waals surface area contributed by atoms with Crippen molar-refractivity contribution in [2.75, 3.05) is 56.3 Å². The standard InChI is InChI=1S/C37H42N4O7/c1-40-26-13-23-16-33(46-5)35(48-7)18-25(23)37(40)27-14-22-15-32(45-4)34(47-6)17-24(22)29(41(27)28(26)19-38)20-39-36(42)11-9-21-8-10-30(43-2)31(12-21)44-3/h8-12,15-18,26-29,37H,13-14,20H2,1-7H3,(H,39,42)/b11-9+/t26-,27-,28-,29-,37+/m0/s1. The monoisotopic (exact) mass is 654 g/mol. The molecule has 11 nitrogen and oxygen atoms in total. The number of hydrogen-bond acceptors (Lipinski definition) is 10. The van der Waals surface area contributed by atoms with Crippen LogP contribution in [0.3, 0.4) is 0 Å². The quantitative estimate of drug-likeness (QED) is 0.317. The number of nitriles is 1. The van der Waals surface area contributed by atoms with Crippen LogP contribution in [0, 0.1) is 11.3 Å². The Kier molecular flexibility index (Phi) is 9.40. The van der Waals surface area contributed by atoms with E-state index in [1.54, 1.807) is 54.8 Å². The van der Waals surface area contributed by atoms with E-state index in [9.17, 15) is 10.1 Å². The number of nitrogens with zero attached hydrogens (tertiary/aromatic N) is 3. The molecule has 0 aromatic heterocycles. The number of likely N-dealkylation sites (N-methyl/N-ethyl adjacent to an activating group) is 1.